The first kappa shape index (κ1) is 15.1. The van der Waals surface area contributed by atoms with Crippen LogP contribution >= 0.6 is 15.9 Å². The number of methoxy groups -OCH3 is 1. The van der Waals surface area contributed by atoms with E-state index < -0.39 is 0 Å². The molecule has 0 radical (unpaired) electrons. The van der Waals surface area contributed by atoms with Gasteiger partial charge in [-0.15, -0.1) is 0 Å². The van der Waals surface area contributed by atoms with Crippen LogP contribution in [0.15, 0.2) is 28.7 Å². The minimum Gasteiger partial charge on any atom is -0.496 e. The third kappa shape index (κ3) is 4.35. The van der Waals surface area contributed by atoms with Gasteiger partial charge < -0.3 is 14.8 Å². The van der Waals surface area contributed by atoms with E-state index >= 15 is 0 Å². The molecule has 1 saturated heterocycles. The SMILES string of the molecule is COc1ccc(Br)cc1/C=C/C(=O)NCC1CCCO1. The molecule has 0 saturated carbocycles. The highest BCUT2D eigenvalue weighted by Crippen LogP contribution is 2.24. The molecule has 1 fully saturated rings. The van der Waals surface area contributed by atoms with Crippen LogP contribution in [0.25, 0.3) is 6.08 Å². The molecule has 1 aliphatic heterocycles. The number of amides is 1. The molecule has 108 valence electrons. The van der Waals surface area contributed by atoms with Crippen LogP contribution in [0.4, 0.5) is 0 Å². The highest BCUT2D eigenvalue weighted by molar-refractivity contribution is 9.10. The predicted octanol–water partition coefficient (Wildman–Crippen LogP) is 2.77. The molecular weight excluding hydrogens is 322 g/mol. The van der Waals surface area contributed by atoms with Crippen LogP contribution in [0.2, 0.25) is 0 Å². The Morgan fingerprint density at radius 3 is 3.15 bits per heavy atom. The van der Waals surface area contributed by atoms with Crippen LogP contribution < -0.4 is 10.1 Å². The molecule has 0 aromatic heterocycles. The second-order valence-electron chi connectivity index (χ2n) is 4.60. The number of ether oxygens (including phenoxy) is 2. The van der Waals surface area contributed by atoms with Crippen LogP contribution in [0.1, 0.15) is 18.4 Å². The maximum absolute atomic E-state index is 11.8. The molecule has 0 aliphatic carbocycles. The average Bonchev–Trinajstić information content (AvgIpc) is 2.96. The lowest BCUT2D eigenvalue weighted by atomic mass is 10.2. The predicted molar refractivity (Wildman–Crippen MR) is 81.7 cm³/mol. The van der Waals surface area contributed by atoms with Gasteiger partial charge in [-0.25, -0.2) is 0 Å². The van der Waals surface area contributed by atoms with Gasteiger partial charge in [0.05, 0.1) is 13.2 Å². The maximum atomic E-state index is 11.8. The molecule has 1 aromatic rings. The zero-order valence-corrected chi connectivity index (χ0v) is 13.0. The number of hydrogen-bond acceptors (Lipinski definition) is 3. The van der Waals surface area contributed by atoms with Gasteiger partial charge >= 0.3 is 0 Å². The van der Waals surface area contributed by atoms with Gasteiger partial charge in [-0.2, -0.15) is 0 Å². The summed E-state index contributed by atoms with van der Waals surface area (Å²) in [6, 6.07) is 5.66. The standard InChI is InChI=1S/C15H18BrNO3/c1-19-14-6-5-12(16)9-11(14)4-7-15(18)17-10-13-3-2-8-20-13/h4-7,9,13H,2-3,8,10H2,1H3,(H,17,18)/b7-4+. The Hall–Kier alpha value is -1.33. The number of carbonyl (C=O) groups excluding carboxylic acids is 1. The van der Waals surface area contributed by atoms with E-state index in [-0.39, 0.29) is 12.0 Å². The molecule has 2 rings (SSSR count). The van der Waals surface area contributed by atoms with Gasteiger partial charge in [-0.3, -0.25) is 4.79 Å². The van der Waals surface area contributed by atoms with Crippen molar-refractivity contribution in [2.45, 2.75) is 18.9 Å². The summed E-state index contributed by atoms with van der Waals surface area (Å²) in [4.78, 5) is 11.8. The summed E-state index contributed by atoms with van der Waals surface area (Å²) >= 11 is 3.40. The van der Waals surface area contributed by atoms with Gasteiger partial charge in [0, 0.05) is 29.3 Å². The van der Waals surface area contributed by atoms with Crippen molar-refractivity contribution in [1.29, 1.82) is 0 Å². The van der Waals surface area contributed by atoms with Crippen molar-refractivity contribution in [2.75, 3.05) is 20.3 Å². The average molecular weight is 340 g/mol. The number of rotatable bonds is 5. The van der Waals surface area contributed by atoms with Gasteiger partial charge in [-0.05, 0) is 37.1 Å². The molecule has 4 nitrogen and oxygen atoms in total. The first-order valence-electron chi connectivity index (χ1n) is 6.60. The van der Waals surface area contributed by atoms with Gasteiger partial charge in [0.2, 0.25) is 5.91 Å². The van der Waals surface area contributed by atoms with Gasteiger partial charge in [-0.1, -0.05) is 15.9 Å². The third-order valence-electron chi connectivity index (χ3n) is 3.13. The van der Waals surface area contributed by atoms with E-state index in [0.717, 1.165) is 35.2 Å². The first-order chi connectivity index (χ1) is 9.69. The second-order valence-corrected chi connectivity index (χ2v) is 5.52. The minimum absolute atomic E-state index is 0.123. The van der Waals surface area contributed by atoms with Gasteiger partial charge in [0.1, 0.15) is 5.75 Å². The van der Waals surface area contributed by atoms with E-state index in [9.17, 15) is 4.79 Å². The highest BCUT2D eigenvalue weighted by atomic mass is 79.9. The molecule has 0 spiro atoms. The van der Waals surface area contributed by atoms with Gasteiger partial charge in [0.25, 0.3) is 0 Å². The number of carbonyl (C=O) groups is 1. The Morgan fingerprint density at radius 1 is 1.60 bits per heavy atom. The molecule has 5 heteroatoms. The summed E-state index contributed by atoms with van der Waals surface area (Å²) in [7, 11) is 1.61. The van der Waals surface area contributed by atoms with E-state index in [1.807, 2.05) is 18.2 Å². The zero-order chi connectivity index (χ0) is 14.4. The second kappa shape index (κ2) is 7.45. The Morgan fingerprint density at radius 2 is 2.45 bits per heavy atom. The van der Waals surface area contributed by atoms with E-state index in [4.69, 9.17) is 9.47 Å². The monoisotopic (exact) mass is 339 g/mol. The van der Waals surface area contributed by atoms with Crippen molar-refractivity contribution >= 4 is 27.9 Å². The molecule has 20 heavy (non-hydrogen) atoms. The topological polar surface area (TPSA) is 47.6 Å². The summed E-state index contributed by atoms with van der Waals surface area (Å²) in [5, 5.41) is 2.84. The molecular formula is C15H18BrNO3. The summed E-state index contributed by atoms with van der Waals surface area (Å²) in [6.07, 6.45) is 5.51. The Labute approximate surface area is 127 Å². The normalized spacial score (nSPS) is 18.4. The van der Waals surface area contributed by atoms with Gasteiger partial charge in [0.15, 0.2) is 0 Å². The quantitative estimate of drug-likeness (QED) is 0.839. The van der Waals surface area contributed by atoms with Crippen LogP contribution in [0.5, 0.6) is 5.75 Å². The number of hydrogen-bond donors (Lipinski definition) is 1. The molecule has 1 heterocycles. The first-order valence-corrected chi connectivity index (χ1v) is 7.39. The molecule has 1 N–H and O–H groups in total. The minimum atomic E-state index is -0.123. The number of nitrogens with one attached hydrogen (secondary N) is 1. The molecule has 0 bridgehead atoms. The van der Waals surface area contributed by atoms with Crippen LogP contribution in [-0.4, -0.2) is 32.3 Å². The molecule has 1 aromatic carbocycles. The Balaban J connectivity index is 1.90. The fourth-order valence-electron chi connectivity index (χ4n) is 2.08. The summed E-state index contributed by atoms with van der Waals surface area (Å²) < 4.78 is 11.6. The largest absolute Gasteiger partial charge is 0.496 e. The maximum Gasteiger partial charge on any atom is 0.244 e. The van der Waals surface area contributed by atoms with Crippen molar-refractivity contribution in [3.63, 3.8) is 0 Å². The van der Waals surface area contributed by atoms with E-state index in [2.05, 4.69) is 21.2 Å². The van der Waals surface area contributed by atoms with Crippen molar-refractivity contribution < 1.29 is 14.3 Å². The van der Waals surface area contributed by atoms with Crippen molar-refractivity contribution in [3.8, 4) is 5.75 Å². The summed E-state index contributed by atoms with van der Waals surface area (Å²) in [5.41, 5.74) is 0.856. The lowest BCUT2D eigenvalue weighted by Crippen LogP contribution is -2.30. The third-order valence-corrected chi connectivity index (χ3v) is 3.63. The van der Waals surface area contributed by atoms with Crippen LogP contribution in [-0.2, 0) is 9.53 Å². The number of benzene rings is 1. The zero-order valence-electron chi connectivity index (χ0n) is 11.4. The van der Waals surface area contributed by atoms with E-state index in [1.165, 1.54) is 6.08 Å². The van der Waals surface area contributed by atoms with E-state index in [1.54, 1.807) is 13.2 Å². The molecule has 1 amide bonds. The highest BCUT2D eigenvalue weighted by Gasteiger charge is 2.15. The van der Waals surface area contributed by atoms with Crippen molar-refractivity contribution in [3.05, 3.63) is 34.3 Å². The van der Waals surface area contributed by atoms with E-state index in [0.29, 0.717) is 6.54 Å². The lowest BCUT2D eigenvalue weighted by molar-refractivity contribution is -0.116. The lowest BCUT2D eigenvalue weighted by Gasteiger charge is -2.09. The summed E-state index contributed by atoms with van der Waals surface area (Å²) in [5.74, 6) is 0.610. The number of halogens is 1. The Kier molecular flexibility index (Phi) is 5.61. The van der Waals surface area contributed by atoms with Crippen molar-refractivity contribution in [2.24, 2.45) is 0 Å². The van der Waals surface area contributed by atoms with Crippen LogP contribution in [0, 0.1) is 0 Å². The fraction of sp³-hybridized carbons (Fsp3) is 0.400. The fourth-order valence-corrected chi connectivity index (χ4v) is 2.46. The molecule has 1 aliphatic rings. The Bertz CT molecular complexity index is 496. The molecule has 1 atom stereocenters. The summed E-state index contributed by atoms with van der Waals surface area (Å²) in [6.45, 7) is 1.37. The molecule has 1 unspecified atom stereocenters. The van der Waals surface area contributed by atoms with Crippen LogP contribution in [0.3, 0.4) is 0 Å². The van der Waals surface area contributed by atoms with Crippen molar-refractivity contribution in [1.82, 2.24) is 5.32 Å². The smallest absolute Gasteiger partial charge is 0.244 e.